The van der Waals surface area contributed by atoms with Crippen molar-refractivity contribution < 1.29 is 14.6 Å². The van der Waals surface area contributed by atoms with Crippen LogP contribution < -0.4 is 5.32 Å². The van der Waals surface area contributed by atoms with Gasteiger partial charge in [-0.05, 0) is 0 Å². The number of nitrogens with one attached hydrogen (secondary N) is 1. The van der Waals surface area contributed by atoms with Gasteiger partial charge >= 0.3 is 6.09 Å². The number of carboxylic acid groups (broad SMARTS) is 1. The quantitative estimate of drug-likeness (QED) is 0.480. The molecule has 0 bridgehead atoms. The first-order chi connectivity index (χ1) is 3.27. The van der Waals surface area contributed by atoms with Gasteiger partial charge in [0.05, 0.1) is 0 Å². The Balaban J connectivity index is 2.82. The van der Waals surface area contributed by atoms with Crippen LogP contribution in [-0.2, 0) is 4.74 Å². The Morgan fingerprint density at radius 2 is 2.57 bits per heavy atom. The van der Waals surface area contributed by atoms with Gasteiger partial charge in [0, 0.05) is 7.11 Å². The number of carbonyl (C=O) groups is 1. The molecule has 0 aromatic rings. The minimum atomic E-state index is -1.07. The van der Waals surface area contributed by atoms with Crippen LogP contribution in [0.1, 0.15) is 0 Å². The van der Waals surface area contributed by atoms with E-state index in [1.807, 2.05) is 5.32 Å². The maximum absolute atomic E-state index is 9.57. The molecule has 0 spiro atoms. The van der Waals surface area contributed by atoms with Crippen molar-refractivity contribution in [1.82, 2.24) is 5.32 Å². The lowest BCUT2D eigenvalue weighted by Crippen LogP contribution is -2.22. The second kappa shape index (κ2) is 3.42. The minimum Gasteiger partial charge on any atom is -0.465 e. The highest BCUT2D eigenvalue weighted by molar-refractivity contribution is 5.64. The Labute approximate surface area is 41.1 Å². The lowest BCUT2D eigenvalue weighted by atomic mass is 11.1. The molecule has 0 aromatic carbocycles. The Kier molecular flexibility index (Phi) is 3.04. The Bertz CT molecular complexity index is 63.2. The third kappa shape index (κ3) is 5.23. The zero-order chi connectivity index (χ0) is 5.70. The van der Waals surface area contributed by atoms with Crippen LogP contribution in [0.5, 0.6) is 0 Å². The SMILES string of the molecule is COCNC(=O)O. The van der Waals surface area contributed by atoms with Crippen molar-refractivity contribution >= 4 is 6.09 Å². The molecule has 2 N–H and O–H groups in total. The summed E-state index contributed by atoms with van der Waals surface area (Å²) in [5.41, 5.74) is 0. The van der Waals surface area contributed by atoms with Crippen molar-refractivity contribution in [3.05, 3.63) is 0 Å². The molecule has 0 saturated carbocycles. The fourth-order valence-corrected chi connectivity index (χ4v) is 0.134. The second-order valence-electron chi connectivity index (χ2n) is 0.915. The van der Waals surface area contributed by atoms with Crippen LogP contribution in [0.2, 0.25) is 0 Å². The molecule has 0 radical (unpaired) electrons. The van der Waals surface area contributed by atoms with E-state index in [0.717, 1.165) is 0 Å². The zero-order valence-corrected chi connectivity index (χ0v) is 3.97. The molecular formula is C3H7NO3. The largest absolute Gasteiger partial charge is 0.465 e. The molecule has 0 atom stereocenters. The average Bonchev–Trinajstić information content (AvgIpc) is 1.61. The lowest BCUT2D eigenvalue weighted by molar-refractivity contribution is 0.149. The average molecular weight is 105 g/mol. The van der Waals surface area contributed by atoms with Crippen molar-refractivity contribution in [2.24, 2.45) is 0 Å². The molecule has 0 saturated heterocycles. The molecule has 4 heteroatoms. The summed E-state index contributed by atoms with van der Waals surface area (Å²) in [7, 11) is 1.41. The summed E-state index contributed by atoms with van der Waals surface area (Å²) >= 11 is 0. The topological polar surface area (TPSA) is 58.6 Å². The van der Waals surface area contributed by atoms with E-state index in [-0.39, 0.29) is 6.73 Å². The van der Waals surface area contributed by atoms with Gasteiger partial charge in [0.25, 0.3) is 0 Å². The summed E-state index contributed by atoms with van der Waals surface area (Å²) in [5, 5.41) is 9.84. The molecule has 7 heavy (non-hydrogen) atoms. The fourth-order valence-electron chi connectivity index (χ4n) is 0.134. The molecular weight excluding hydrogens is 98.0 g/mol. The first-order valence-electron chi connectivity index (χ1n) is 1.73. The maximum atomic E-state index is 9.57. The van der Waals surface area contributed by atoms with Crippen LogP contribution in [0, 0.1) is 0 Å². The van der Waals surface area contributed by atoms with Crippen LogP contribution in [0.25, 0.3) is 0 Å². The lowest BCUT2D eigenvalue weighted by Gasteiger charge is -1.93. The molecule has 42 valence electrons. The minimum absolute atomic E-state index is 0.0509. The van der Waals surface area contributed by atoms with Crippen molar-refractivity contribution in [3.8, 4) is 0 Å². The van der Waals surface area contributed by atoms with Crippen LogP contribution in [-0.4, -0.2) is 25.0 Å². The van der Waals surface area contributed by atoms with Gasteiger partial charge in [0.1, 0.15) is 6.73 Å². The normalized spacial score (nSPS) is 8.14. The predicted octanol–water partition coefficient (Wildman–Crippen LogP) is -0.142. The van der Waals surface area contributed by atoms with Crippen molar-refractivity contribution in [2.45, 2.75) is 0 Å². The highest BCUT2D eigenvalue weighted by atomic mass is 16.5. The van der Waals surface area contributed by atoms with E-state index in [2.05, 4.69) is 4.74 Å². The molecule has 4 nitrogen and oxygen atoms in total. The van der Waals surface area contributed by atoms with Crippen LogP contribution in [0.4, 0.5) is 4.79 Å². The van der Waals surface area contributed by atoms with Gasteiger partial charge in [-0.15, -0.1) is 0 Å². The van der Waals surface area contributed by atoms with E-state index in [9.17, 15) is 4.79 Å². The standard InChI is InChI=1S/C3H7NO3/c1-7-2-4-3(5)6/h4H,2H2,1H3,(H,5,6). The van der Waals surface area contributed by atoms with Gasteiger partial charge in [0.15, 0.2) is 0 Å². The van der Waals surface area contributed by atoms with Gasteiger partial charge < -0.3 is 9.84 Å². The summed E-state index contributed by atoms with van der Waals surface area (Å²) in [4.78, 5) is 9.57. The second-order valence-corrected chi connectivity index (χ2v) is 0.915. The number of amides is 1. The molecule has 0 rings (SSSR count). The third-order valence-electron chi connectivity index (χ3n) is 0.368. The van der Waals surface area contributed by atoms with Crippen LogP contribution >= 0.6 is 0 Å². The molecule has 0 unspecified atom stereocenters. The predicted molar refractivity (Wildman–Crippen MR) is 23.0 cm³/mol. The number of methoxy groups -OCH3 is 1. The van der Waals surface area contributed by atoms with Gasteiger partial charge in [-0.25, -0.2) is 4.79 Å². The summed E-state index contributed by atoms with van der Waals surface area (Å²) in [6.45, 7) is 0.0509. The molecule has 0 aromatic heterocycles. The smallest absolute Gasteiger partial charge is 0.406 e. The summed E-state index contributed by atoms with van der Waals surface area (Å²) in [5.74, 6) is 0. The Morgan fingerprint density at radius 3 is 2.71 bits per heavy atom. The van der Waals surface area contributed by atoms with E-state index in [1.54, 1.807) is 0 Å². The zero-order valence-electron chi connectivity index (χ0n) is 3.97. The van der Waals surface area contributed by atoms with Gasteiger partial charge in [-0.2, -0.15) is 0 Å². The fraction of sp³-hybridized carbons (Fsp3) is 0.667. The third-order valence-corrected chi connectivity index (χ3v) is 0.368. The van der Waals surface area contributed by atoms with Crippen LogP contribution in [0.15, 0.2) is 0 Å². The Hall–Kier alpha value is -0.770. The van der Waals surface area contributed by atoms with E-state index in [1.165, 1.54) is 7.11 Å². The van der Waals surface area contributed by atoms with Gasteiger partial charge in [0.2, 0.25) is 0 Å². The maximum Gasteiger partial charge on any atom is 0.406 e. The van der Waals surface area contributed by atoms with Crippen LogP contribution in [0.3, 0.4) is 0 Å². The molecule has 0 aliphatic heterocycles. The van der Waals surface area contributed by atoms with E-state index < -0.39 is 6.09 Å². The first kappa shape index (κ1) is 6.23. The summed E-state index contributed by atoms with van der Waals surface area (Å²) in [6, 6.07) is 0. The number of rotatable bonds is 2. The first-order valence-corrected chi connectivity index (χ1v) is 1.73. The number of hydrogen-bond acceptors (Lipinski definition) is 2. The van der Waals surface area contributed by atoms with Crippen molar-refractivity contribution in [3.63, 3.8) is 0 Å². The molecule has 0 aliphatic rings. The van der Waals surface area contributed by atoms with E-state index in [0.29, 0.717) is 0 Å². The number of hydrogen-bond donors (Lipinski definition) is 2. The van der Waals surface area contributed by atoms with E-state index >= 15 is 0 Å². The van der Waals surface area contributed by atoms with Gasteiger partial charge in [-0.1, -0.05) is 0 Å². The molecule has 0 fully saturated rings. The van der Waals surface area contributed by atoms with Crippen molar-refractivity contribution in [2.75, 3.05) is 13.8 Å². The molecule has 0 heterocycles. The molecule has 0 aliphatic carbocycles. The molecule has 1 amide bonds. The monoisotopic (exact) mass is 105 g/mol. The van der Waals surface area contributed by atoms with E-state index in [4.69, 9.17) is 5.11 Å². The highest BCUT2D eigenvalue weighted by Gasteiger charge is 1.86. The summed E-state index contributed by atoms with van der Waals surface area (Å²) < 4.78 is 4.36. The summed E-state index contributed by atoms with van der Waals surface area (Å²) in [6.07, 6.45) is -1.07. The Morgan fingerprint density at radius 1 is 2.00 bits per heavy atom. The number of ether oxygens (including phenoxy) is 1. The highest BCUT2D eigenvalue weighted by Crippen LogP contribution is 1.59. The van der Waals surface area contributed by atoms with Gasteiger partial charge in [-0.3, -0.25) is 5.32 Å². The van der Waals surface area contributed by atoms with Crippen molar-refractivity contribution in [1.29, 1.82) is 0 Å².